The number of rotatable bonds is 5. The van der Waals surface area contributed by atoms with Gasteiger partial charge >= 0.3 is 0 Å². The molecule has 2 heterocycles. The smallest absolute Gasteiger partial charge is 0.243 e. The Morgan fingerprint density at radius 1 is 1.12 bits per heavy atom. The summed E-state index contributed by atoms with van der Waals surface area (Å²) in [5, 5.41) is 0. The number of carbonyl (C=O) groups excluding carboxylic acids is 1. The maximum absolute atomic E-state index is 12.7. The van der Waals surface area contributed by atoms with Crippen molar-refractivity contribution < 1.29 is 13.2 Å². The van der Waals surface area contributed by atoms with E-state index in [0.29, 0.717) is 37.4 Å². The van der Waals surface area contributed by atoms with Gasteiger partial charge in [-0.1, -0.05) is 18.2 Å². The molecule has 0 N–H and O–H groups in total. The molecule has 0 atom stereocenters. The van der Waals surface area contributed by atoms with Gasteiger partial charge in [-0.15, -0.1) is 0 Å². The zero-order valence-electron chi connectivity index (χ0n) is 14.8. The van der Waals surface area contributed by atoms with E-state index in [0.717, 1.165) is 5.56 Å². The third-order valence-corrected chi connectivity index (χ3v) is 6.64. The number of aromatic nitrogens is 1. The summed E-state index contributed by atoms with van der Waals surface area (Å²) in [6, 6.07) is 12.2. The third kappa shape index (κ3) is 4.11. The number of benzene rings is 1. The Labute approximate surface area is 154 Å². The van der Waals surface area contributed by atoms with E-state index >= 15 is 0 Å². The Kier molecular flexibility index (Phi) is 5.68. The molecular weight excluding hydrogens is 350 g/mol. The van der Waals surface area contributed by atoms with Crippen LogP contribution in [0.1, 0.15) is 18.4 Å². The molecule has 1 fully saturated rings. The molecule has 1 amide bonds. The Bertz CT molecular complexity index is 833. The van der Waals surface area contributed by atoms with Gasteiger partial charge < -0.3 is 4.90 Å². The molecule has 1 aromatic carbocycles. The monoisotopic (exact) mass is 373 g/mol. The fraction of sp³-hybridized carbons (Fsp3) is 0.368. The number of pyridine rings is 1. The van der Waals surface area contributed by atoms with Crippen LogP contribution in [0.15, 0.2) is 59.8 Å². The maximum atomic E-state index is 12.7. The summed E-state index contributed by atoms with van der Waals surface area (Å²) in [5.41, 5.74) is 1.03. The van der Waals surface area contributed by atoms with E-state index in [2.05, 4.69) is 4.98 Å². The highest BCUT2D eigenvalue weighted by molar-refractivity contribution is 7.89. The Morgan fingerprint density at radius 3 is 2.35 bits per heavy atom. The van der Waals surface area contributed by atoms with Gasteiger partial charge in [0.2, 0.25) is 15.9 Å². The minimum absolute atomic E-state index is 0.0681. The fourth-order valence-corrected chi connectivity index (χ4v) is 4.73. The van der Waals surface area contributed by atoms with Crippen LogP contribution in [-0.4, -0.2) is 48.7 Å². The molecular formula is C19H23N3O3S. The van der Waals surface area contributed by atoms with Crippen LogP contribution in [-0.2, 0) is 21.4 Å². The molecule has 0 unspecified atom stereocenters. The van der Waals surface area contributed by atoms with Crippen LogP contribution < -0.4 is 0 Å². The second-order valence-electron chi connectivity index (χ2n) is 6.54. The second kappa shape index (κ2) is 7.97. The van der Waals surface area contributed by atoms with Crippen molar-refractivity contribution in [1.29, 1.82) is 0 Å². The van der Waals surface area contributed by atoms with Gasteiger partial charge in [0.05, 0.1) is 4.90 Å². The molecule has 7 heteroatoms. The van der Waals surface area contributed by atoms with E-state index in [9.17, 15) is 13.2 Å². The molecule has 6 nitrogen and oxygen atoms in total. The summed E-state index contributed by atoms with van der Waals surface area (Å²) in [6.45, 7) is 1.28. The zero-order valence-corrected chi connectivity index (χ0v) is 15.6. The van der Waals surface area contributed by atoms with Crippen LogP contribution in [0.25, 0.3) is 0 Å². The molecule has 1 aliphatic rings. The van der Waals surface area contributed by atoms with Crippen LogP contribution >= 0.6 is 0 Å². The van der Waals surface area contributed by atoms with E-state index < -0.39 is 10.0 Å². The lowest BCUT2D eigenvalue weighted by Gasteiger charge is -2.32. The molecule has 1 saturated heterocycles. The zero-order chi connectivity index (χ0) is 18.6. The number of piperidine rings is 1. The predicted octanol–water partition coefficient (Wildman–Crippen LogP) is 2.14. The van der Waals surface area contributed by atoms with E-state index in [1.165, 1.54) is 4.31 Å². The van der Waals surface area contributed by atoms with Crippen molar-refractivity contribution >= 4 is 15.9 Å². The van der Waals surface area contributed by atoms with Crippen molar-refractivity contribution in [3.05, 3.63) is 60.4 Å². The van der Waals surface area contributed by atoms with Crippen molar-refractivity contribution in [1.82, 2.24) is 14.2 Å². The number of nitrogens with zero attached hydrogens (tertiary/aromatic N) is 3. The first-order chi connectivity index (χ1) is 12.5. The van der Waals surface area contributed by atoms with Crippen molar-refractivity contribution in [3.8, 4) is 0 Å². The van der Waals surface area contributed by atoms with Crippen molar-refractivity contribution in [2.75, 3.05) is 20.1 Å². The third-order valence-electron chi connectivity index (χ3n) is 4.73. The first-order valence-electron chi connectivity index (χ1n) is 8.67. The lowest BCUT2D eigenvalue weighted by molar-refractivity contribution is -0.135. The normalized spacial score (nSPS) is 16.3. The summed E-state index contributed by atoms with van der Waals surface area (Å²) in [4.78, 5) is 18.7. The van der Waals surface area contributed by atoms with E-state index in [1.807, 2.05) is 12.1 Å². The molecule has 1 aliphatic heterocycles. The van der Waals surface area contributed by atoms with Crippen LogP contribution in [0.3, 0.4) is 0 Å². The average Bonchev–Trinajstić information content (AvgIpc) is 2.69. The maximum Gasteiger partial charge on any atom is 0.243 e. The molecule has 0 saturated carbocycles. The predicted molar refractivity (Wildman–Crippen MR) is 98.6 cm³/mol. The summed E-state index contributed by atoms with van der Waals surface area (Å²) >= 11 is 0. The van der Waals surface area contributed by atoms with Gasteiger partial charge in [-0.05, 0) is 42.7 Å². The Morgan fingerprint density at radius 2 is 1.73 bits per heavy atom. The summed E-state index contributed by atoms with van der Waals surface area (Å²) in [6.07, 6.45) is 4.51. The standard InChI is InChI=1S/C19H23N3O3S/c1-21(15-16-7-11-20-12-8-16)19(23)17-9-13-22(14-10-17)26(24,25)18-5-3-2-4-6-18/h2-8,11-12,17H,9-10,13-15H2,1H3. The lowest BCUT2D eigenvalue weighted by atomic mass is 9.96. The highest BCUT2D eigenvalue weighted by Crippen LogP contribution is 2.25. The van der Waals surface area contributed by atoms with Crippen molar-refractivity contribution in [2.24, 2.45) is 5.92 Å². The Hall–Kier alpha value is -2.25. The molecule has 0 aliphatic carbocycles. The molecule has 3 rings (SSSR count). The van der Waals surface area contributed by atoms with Gasteiger partial charge in [0, 0.05) is 45.0 Å². The van der Waals surface area contributed by atoms with Crippen LogP contribution in [0.4, 0.5) is 0 Å². The number of amides is 1. The van der Waals surface area contributed by atoms with Gasteiger partial charge in [0.15, 0.2) is 0 Å². The van der Waals surface area contributed by atoms with Gasteiger partial charge in [-0.2, -0.15) is 4.31 Å². The second-order valence-corrected chi connectivity index (χ2v) is 8.48. The molecule has 1 aromatic heterocycles. The number of sulfonamides is 1. The van der Waals surface area contributed by atoms with E-state index in [1.54, 1.807) is 54.7 Å². The highest BCUT2D eigenvalue weighted by atomic mass is 32.2. The summed E-state index contributed by atoms with van der Waals surface area (Å²) < 4.78 is 26.8. The van der Waals surface area contributed by atoms with Crippen LogP contribution in [0, 0.1) is 5.92 Å². The van der Waals surface area contributed by atoms with Crippen molar-refractivity contribution in [2.45, 2.75) is 24.3 Å². The van der Waals surface area contributed by atoms with Crippen molar-refractivity contribution in [3.63, 3.8) is 0 Å². The summed E-state index contributed by atoms with van der Waals surface area (Å²) in [7, 11) is -1.69. The van der Waals surface area contributed by atoms with Gasteiger partial charge in [0.25, 0.3) is 0 Å². The first-order valence-corrected chi connectivity index (χ1v) is 10.1. The van der Waals surface area contributed by atoms with E-state index in [4.69, 9.17) is 0 Å². The first kappa shape index (κ1) is 18.5. The number of carbonyl (C=O) groups is 1. The summed E-state index contributed by atoms with van der Waals surface area (Å²) in [5.74, 6) is -0.0670. The van der Waals surface area contributed by atoms with Crippen LogP contribution in [0.2, 0.25) is 0 Å². The van der Waals surface area contributed by atoms with Crippen LogP contribution in [0.5, 0.6) is 0 Å². The number of hydrogen-bond donors (Lipinski definition) is 0. The minimum Gasteiger partial charge on any atom is -0.341 e. The molecule has 0 spiro atoms. The largest absolute Gasteiger partial charge is 0.341 e. The lowest BCUT2D eigenvalue weighted by Crippen LogP contribution is -2.43. The van der Waals surface area contributed by atoms with Gasteiger partial charge in [0.1, 0.15) is 0 Å². The van der Waals surface area contributed by atoms with Gasteiger partial charge in [-0.3, -0.25) is 9.78 Å². The number of hydrogen-bond acceptors (Lipinski definition) is 4. The molecule has 2 aromatic rings. The molecule has 26 heavy (non-hydrogen) atoms. The molecule has 0 bridgehead atoms. The SMILES string of the molecule is CN(Cc1ccncc1)C(=O)C1CCN(S(=O)(=O)c2ccccc2)CC1. The topological polar surface area (TPSA) is 70.6 Å². The Balaban J connectivity index is 1.59. The minimum atomic E-state index is -3.48. The molecule has 138 valence electrons. The quantitative estimate of drug-likeness (QED) is 0.805. The highest BCUT2D eigenvalue weighted by Gasteiger charge is 2.33. The van der Waals surface area contributed by atoms with E-state index in [-0.39, 0.29) is 11.8 Å². The average molecular weight is 373 g/mol. The van der Waals surface area contributed by atoms with Gasteiger partial charge in [-0.25, -0.2) is 8.42 Å². The molecule has 0 radical (unpaired) electrons. The fourth-order valence-electron chi connectivity index (χ4n) is 3.24.